The molecule has 25 heavy (non-hydrogen) atoms. The van der Waals surface area contributed by atoms with Crippen LogP contribution in [0.15, 0.2) is 42.5 Å². The number of aryl methyl sites for hydroxylation is 1. The minimum atomic E-state index is -0.228. The van der Waals surface area contributed by atoms with Crippen LogP contribution in [-0.2, 0) is 6.54 Å². The maximum Gasteiger partial charge on any atom is 0.319 e. The van der Waals surface area contributed by atoms with Crippen molar-refractivity contribution in [2.45, 2.75) is 27.3 Å². The first kappa shape index (κ1) is 21.1. The first-order valence-corrected chi connectivity index (χ1v) is 8.56. The molecule has 0 aliphatic carbocycles. The van der Waals surface area contributed by atoms with E-state index in [1.165, 1.54) is 5.69 Å². The molecule has 2 rings (SSSR count). The normalized spacial score (nSPS) is 9.92. The van der Waals surface area contributed by atoms with Gasteiger partial charge in [-0.3, -0.25) is 0 Å². The molecule has 0 atom stereocenters. The van der Waals surface area contributed by atoms with Crippen LogP contribution in [0.2, 0.25) is 5.02 Å². The third kappa shape index (κ3) is 6.15. The Morgan fingerprint density at radius 1 is 1.12 bits per heavy atom. The number of benzene rings is 2. The van der Waals surface area contributed by atoms with Crippen LogP contribution in [0, 0.1) is 6.92 Å². The molecule has 0 aliphatic heterocycles. The van der Waals surface area contributed by atoms with Crippen molar-refractivity contribution >= 4 is 29.0 Å². The van der Waals surface area contributed by atoms with Crippen LogP contribution in [0.5, 0.6) is 0 Å². The predicted octanol–water partition coefficient (Wildman–Crippen LogP) is 1.82. The van der Waals surface area contributed by atoms with E-state index < -0.39 is 0 Å². The van der Waals surface area contributed by atoms with E-state index in [2.05, 4.69) is 35.4 Å². The van der Waals surface area contributed by atoms with E-state index in [9.17, 15) is 4.79 Å². The third-order valence-corrected chi connectivity index (χ3v) is 4.16. The summed E-state index contributed by atoms with van der Waals surface area (Å²) < 4.78 is 0. The molecule has 2 N–H and O–H groups in total. The summed E-state index contributed by atoms with van der Waals surface area (Å²) in [6.07, 6.45) is 0. The summed E-state index contributed by atoms with van der Waals surface area (Å²) in [6.45, 7) is 8.62. The lowest BCUT2D eigenvalue weighted by Gasteiger charge is -2.22. The number of carbonyl (C=O) groups is 1. The Kier molecular flexibility index (Phi) is 8.59. The van der Waals surface area contributed by atoms with Crippen LogP contribution in [0.4, 0.5) is 16.2 Å². The van der Waals surface area contributed by atoms with Crippen molar-refractivity contribution in [3.8, 4) is 0 Å². The molecule has 0 spiro atoms. The predicted molar refractivity (Wildman–Crippen MR) is 102 cm³/mol. The van der Waals surface area contributed by atoms with Gasteiger partial charge in [0.05, 0.1) is 0 Å². The highest BCUT2D eigenvalue weighted by Crippen LogP contribution is 2.22. The topological polar surface area (TPSA) is 44.4 Å². The summed E-state index contributed by atoms with van der Waals surface area (Å²) in [4.78, 5) is 14.4. The lowest BCUT2D eigenvalue weighted by atomic mass is 10.1. The number of urea groups is 1. The van der Waals surface area contributed by atoms with Gasteiger partial charge >= 0.3 is 6.03 Å². The molecule has 6 heteroatoms. The molecule has 2 amide bonds. The lowest BCUT2D eigenvalue weighted by Crippen LogP contribution is -3.00. The summed E-state index contributed by atoms with van der Waals surface area (Å²) in [6, 6.07) is 13.3. The molecule has 0 aromatic heterocycles. The number of rotatable bonds is 6. The Morgan fingerprint density at radius 3 is 2.44 bits per heavy atom. The minimum Gasteiger partial charge on any atom is -1.00 e. The molecule has 4 nitrogen and oxygen atoms in total. The molecule has 0 saturated heterocycles. The zero-order chi connectivity index (χ0) is 17.5. The molecule has 0 saturated carbocycles. The van der Waals surface area contributed by atoms with Gasteiger partial charge in [-0.15, -0.1) is 0 Å². The molecule has 0 fully saturated rings. The van der Waals surface area contributed by atoms with Crippen LogP contribution in [0.1, 0.15) is 25.0 Å². The fraction of sp³-hybridized carbons (Fsp3) is 0.316. The number of halogens is 2. The standard InChI is InChI=1S/C19H24ClN3O.ClH/c1-4-23(5-2)17-9-10-18(14(3)11-17)22-19(24)21-13-15-7-6-8-16(20)12-15;/h6-12H,4-5,13H2,1-3H3,(H2,21,22,24);1H/p-1. The molecular weight excluding hydrogens is 357 g/mol. The van der Waals surface area contributed by atoms with Crippen LogP contribution in [0.3, 0.4) is 0 Å². The fourth-order valence-corrected chi connectivity index (χ4v) is 2.78. The van der Waals surface area contributed by atoms with Crippen LogP contribution >= 0.6 is 11.6 Å². The van der Waals surface area contributed by atoms with Crippen LogP contribution in [-0.4, -0.2) is 19.1 Å². The summed E-state index contributed by atoms with van der Waals surface area (Å²) in [5, 5.41) is 6.40. The van der Waals surface area contributed by atoms with E-state index >= 15 is 0 Å². The fourth-order valence-electron chi connectivity index (χ4n) is 2.57. The lowest BCUT2D eigenvalue weighted by molar-refractivity contribution is -0.00000801. The molecule has 0 radical (unpaired) electrons. The van der Waals surface area contributed by atoms with Crippen molar-refractivity contribution < 1.29 is 17.2 Å². The number of carbonyl (C=O) groups excluding carboxylic acids is 1. The number of nitrogens with zero attached hydrogens (tertiary/aromatic N) is 1. The number of hydrogen-bond donors (Lipinski definition) is 2. The molecule has 2 aromatic carbocycles. The maximum absolute atomic E-state index is 12.1. The molecule has 2 aromatic rings. The summed E-state index contributed by atoms with van der Waals surface area (Å²) in [5.74, 6) is 0. The van der Waals surface area contributed by atoms with Gasteiger partial charge in [0, 0.05) is 36.0 Å². The van der Waals surface area contributed by atoms with Gasteiger partial charge in [0.15, 0.2) is 0 Å². The van der Waals surface area contributed by atoms with E-state index in [0.29, 0.717) is 11.6 Å². The van der Waals surface area contributed by atoms with E-state index in [1.54, 1.807) is 0 Å². The summed E-state index contributed by atoms with van der Waals surface area (Å²) >= 11 is 5.94. The van der Waals surface area contributed by atoms with Crippen molar-refractivity contribution in [2.24, 2.45) is 0 Å². The SMILES string of the molecule is CCN(CC)c1ccc(NC(=O)NCc2cccc(Cl)c2)c(C)c1.[Cl-]. The Bertz CT molecular complexity index is 703. The van der Waals surface area contributed by atoms with Gasteiger partial charge in [0.1, 0.15) is 0 Å². The van der Waals surface area contributed by atoms with Gasteiger partial charge in [-0.1, -0.05) is 23.7 Å². The quantitative estimate of drug-likeness (QED) is 0.802. The van der Waals surface area contributed by atoms with Crippen molar-refractivity contribution in [3.05, 3.63) is 58.6 Å². The van der Waals surface area contributed by atoms with Crippen molar-refractivity contribution in [2.75, 3.05) is 23.3 Å². The molecule has 136 valence electrons. The third-order valence-electron chi connectivity index (χ3n) is 3.93. The average Bonchev–Trinajstić information content (AvgIpc) is 2.56. The van der Waals surface area contributed by atoms with E-state index in [1.807, 2.05) is 43.3 Å². The molecular formula is C19H24Cl2N3O-. The number of nitrogens with one attached hydrogen (secondary N) is 2. The van der Waals surface area contributed by atoms with Gasteiger partial charge < -0.3 is 27.9 Å². The Balaban J connectivity index is 0.00000312. The second kappa shape index (κ2) is 10.2. The van der Waals surface area contributed by atoms with E-state index in [-0.39, 0.29) is 18.4 Å². The highest BCUT2D eigenvalue weighted by Gasteiger charge is 2.08. The zero-order valence-corrected chi connectivity index (χ0v) is 16.3. The van der Waals surface area contributed by atoms with E-state index in [0.717, 1.165) is 29.9 Å². The smallest absolute Gasteiger partial charge is 0.319 e. The molecule has 0 heterocycles. The Hall–Kier alpha value is -1.91. The van der Waals surface area contributed by atoms with Crippen LogP contribution in [0.25, 0.3) is 0 Å². The van der Waals surface area contributed by atoms with Crippen LogP contribution < -0.4 is 27.9 Å². The summed E-state index contributed by atoms with van der Waals surface area (Å²) in [5.41, 5.74) is 3.99. The molecule has 0 unspecified atom stereocenters. The van der Waals surface area contributed by atoms with Gasteiger partial charge in [0.2, 0.25) is 0 Å². The maximum atomic E-state index is 12.1. The minimum absolute atomic E-state index is 0. The average molecular weight is 381 g/mol. The van der Waals surface area contributed by atoms with Gasteiger partial charge in [-0.2, -0.15) is 0 Å². The van der Waals surface area contributed by atoms with Crippen molar-refractivity contribution in [1.29, 1.82) is 0 Å². The number of anilines is 2. The molecule has 0 aliphatic rings. The first-order valence-electron chi connectivity index (χ1n) is 8.18. The Morgan fingerprint density at radius 2 is 1.84 bits per heavy atom. The van der Waals surface area contributed by atoms with Gasteiger partial charge in [-0.25, -0.2) is 4.79 Å². The van der Waals surface area contributed by atoms with Gasteiger partial charge in [-0.05, 0) is 62.2 Å². The summed E-state index contributed by atoms with van der Waals surface area (Å²) in [7, 11) is 0. The first-order chi connectivity index (χ1) is 11.5. The number of amides is 2. The van der Waals surface area contributed by atoms with Crippen molar-refractivity contribution in [3.63, 3.8) is 0 Å². The largest absolute Gasteiger partial charge is 1.00 e. The van der Waals surface area contributed by atoms with Gasteiger partial charge in [0.25, 0.3) is 0 Å². The second-order valence-electron chi connectivity index (χ2n) is 5.61. The molecule has 0 bridgehead atoms. The highest BCUT2D eigenvalue weighted by atomic mass is 35.5. The second-order valence-corrected chi connectivity index (χ2v) is 6.05. The highest BCUT2D eigenvalue weighted by molar-refractivity contribution is 6.30. The van der Waals surface area contributed by atoms with Crippen molar-refractivity contribution in [1.82, 2.24) is 5.32 Å². The van der Waals surface area contributed by atoms with E-state index in [4.69, 9.17) is 11.6 Å². The Labute approximate surface area is 161 Å². The zero-order valence-electron chi connectivity index (χ0n) is 14.8. The monoisotopic (exact) mass is 380 g/mol. The number of hydrogen-bond acceptors (Lipinski definition) is 2.